The SMILES string of the molecule is CC1OCCC1N(C)C1(CN)CCCc2ccccc21. The van der Waals surface area contributed by atoms with Crippen LogP contribution in [0, 0.1) is 0 Å². The van der Waals surface area contributed by atoms with Gasteiger partial charge in [-0.1, -0.05) is 24.3 Å². The molecule has 2 aliphatic rings. The van der Waals surface area contributed by atoms with Crippen molar-refractivity contribution in [3.63, 3.8) is 0 Å². The fraction of sp³-hybridized carbons (Fsp3) is 0.647. The van der Waals surface area contributed by atoms with Crippen LogP contribution in [-0.4, -0.2) is 37.2 Å². The zero-order valence-corrected chi connectivity index (χ0v) is 12.6. The van der Waals surface area contributed by atoms with Gasteiger partial charge in [0, 0.05) is 19.2 Å². The average molecular weight is 274 g/mol. The third kappa shape index (κ3) is 2.09. The first-order valence-corrected chi connectivity index (χ1v) is 7.82. The quantitative estimate of drug-likeness (QED) is 0.919. The molecule has 3 heteroatoms. The summed E-state index contributed by atoms with van der Waals surface area (Å²) in [6.07, 6.45) is 4.97. The van der Waals surface area contributed by atoms with Gasteiger partial charge in [0.05, 0.1) is 11.6 Å². The van der Waals surface area contributed by atoms with Crippen LogP contribution >= 0.6 is 0 Å². The van der Waals surface area contributed by atoms with E-state index >= 15 is 0 Å². The van der Waals surface area contributed by atoms with Crippen LogP contribution in [0.4, 0.5) is 0 Å². The molecule has 3 atom stereocenters. The minimum atomic E-state index is -0.0124. The Morgan fingerprint density at radius 1 is 1.40 bits per heavy atom. The largest absolute Gasteiger partial charge is 0.377 e. The molecule has 0 radical (unpaired) electrons. The van der Waals surface area contributed by atoms with E-state index in [4.69, 9.17) is 10.5 Å². The lowest BCUT2D eigenvalue weighted by Crippen LogP contribution is -2.56. The molecule has 1 fully saturated rings. The van der Waals surface area contributed by atoms with Gasteiger partial charge >= 0.3 is 0 Å². The minimum Gasteiger partial charge on any atom is -0.377 e. The highest BCUT2D eigenvalue weighted by atomic mass is 16.5. The fourth-order valence-corrected chi connectivity index (χ4v) is 4.17. The maximum atomic E-state index is 6.28. The van der Waals surface area contributed by atoms with Gasteiger partial charge in [0.1, 0.15) is 0 Å². The predicted octanol–water partition coefficient (Wildman–Crippen LogP) is 2.29. The first-order chi connectivity index (χ1) is 9.69. The Balaban J connectivity index is 1.99. The molecule has 1 saturated heterocycles. The zero-order valence-electron chi connectivity index (χ0n) is 12.6. The van der Waals surface area contributed by atoms with E-state index in [1.54, 1.807) is 0 Å². The van der Waals surface area contributed by atoms with Gasteiger partial charge in [0.15, 0.2) is 0 Å². The van der Waals surface area contributed by atoms with Crippen molar-refractivity contribution < 1.29 is 4.74 Å². The molecule has 3 unspecified atom stereocenters. The number of hydrogen-bond acceptors (Lipinski definition) is 3. The van der Waals surface area contributed by atoms with Gasteiger partial charge in [-0.15, -0.1) is 0 Å². The summed E-state index contributed by atoms with van der Waals surface area (Å²) in [6.45, 7) is 3.75. The molecule has 0 aromatic heterocycles. The number of ether oxygens (including phenoxy) is 1. The molecule has 20 heavy (non-hydrogen) atoms. The van der Waals surface area contributed by atoms with E-state index in [0.717, 1.165) is 19.4 Å². The number of nitrogens with zero attached hydrogens (tertiary/aromatic N) is 1. The van der Waals surface area contributed by atoms with Crippen LogP contribution in [-0.2, 0) is 16.7 Å². The van der Waals surface area contributed by atoms with Gasteiger partial charge in [-0.25, -0.2) is 0 Å². The van der Waals surface area contributed by atoms with Crippen LogP contribution in [0.5, 0.6) is 0 Å². The number of rotatable bonds is 3. The van der Waals surface area contributed by atoms with Gasteiger partial charge in [0.25, 0.3) is 0 Å². The van der Waals surface area contributed by atoms with E-state index in [1.165, 1.54) is 24.0 Å². The second-order valence-corrected chi connectivity index (χ2v) is 6.29. The number of fused-ring (bicyclic) bond motifs is 1. The molecule has 2 N–H and O–H groups in total. The average Bonchev–Trinajstić information content (AvgIpc) is 2.92. The summed E-state index contributed by atoms with van der Waals surface area (Å²) < 4.78 is 5.77. The molecule has 1 aromatic rings. The van der Waals surface area contributed by atoms with E-state index < -0.39 is 0 Å². The summed E-state index contributed by atoms with van der Waals surface area (Å²) in [5.74, 6) is 0. The van der Waals surface area contributed by atoms with E-state index in [-0.39, 0.29) is 5.54 Å². The number of likely N-dealkylation sites (N-methyl/N-ethyl adjacent to an activating group) is 1. The number of nitrogens with two attached hydrogens (primary N) is 1. The van der Waals surface area contributed by atoms with Crippen LogP contribution in [0.3, 0.4) is 0 Å². The Morgan fingerprint density at radius 3 is 2.90 bits per heavy atom. The van der Waals surface area contributed by atoms with Crippen LogP contribution in [0.2, 0.25) is 0 Å². The number of benzene rings is 1. The highest BCUT2D eigenvalue weighted by Gasteiger charge is 2.44. The van der Waals surface area contributed by atoms with Crippen molar-refractivity contribution in [3.05, 3.63) is 35.4 Å². The van der Waals surface area contributed by atoms with Crippen molar-refractivity contribution in [2.75, 3.05) is 20.2 Å². The van der Waals surface area contributed by atoms with Crippen LogP contribution in [0.25, 0.3) is 0 Å². The van der Waals surface area contributed by atoms with Crippen molar-refractivity contribution in [1.82, 2.24) is 4.90 Å². The Bertz CT molecular complexity index is 476. The highest BCUT2D eigenvalue weighted by Crippen LogP contribution is 2.41. The monoisotopic (exact) mass is 274 g/mol. The van der Waals surface area contributed by atoms with Gasteiger partial charge < -0.3 is 10.5 Å². The Hall–Kier alpha value is -0.900. The molecule has 3 rings (SSSR count). The van der Waals surface area contributed by atoms with E-state index in [0.29, 0.717) is 18.7 Å². The summed E-state index contributed by atoms with van der Waals surface area (Å²) >= 11 is 0. The van der Waals surface area contributed by atoms with E-state index in [2.05, 4.69) is 43.1 Å². The summed E-state index contributed by atoms with van der Waals surface area (Å²) in [5, 5.41) is 0. The van der Waals surface area contributed by atoms with E-state index in [1.807, 2.05) is 0 Å². The summed E-state index contributed by atoms with van der Waals surface area (Å²) in [6, 6.07) is 9.31. The second-order valence-electron chi connectivity index (χ2n) is 6.29. The molecule has 1 aliphatic heterocycles. The molecular formula is C17H26N2O. The van der Waals surface area contributed by atoms with Crippen molar-refractivity contribution in [2.24, 2.45) is 5.73 Å². The maximum Gasteiger partial charge on any atom is 0.0703 e. The lowest BCUT2D eigenvalue weighted by atomic mass is 9.74. The minimum absolute atomic E-state index is 0.0124. The summed E-state index contributed by atoms with van der Waals surface area (Å²) in [4.78, 5) is 2.52. The van der Waals surface area contributed by atoms with Crippen LogP contribution < -0.4 is 5.73 Å². The normalized spacial score (nSPS) is 33.4. The summed E-state index contributed by atoms with van der Waals surface area (Å²) in [5.41, 5.74) is 9.19. The maximum absolute atomic E-state index is 6.28. The molecule has 1 aliphatic carbocycles. The van der Waals surface area contributed by atoms with Gasteiger partial charge in [-0.05, 0) is 50.8 Å². The van der Waals surface area contributed by atoms with Crippen molar-refractivity contribution in [2.45, 2.75) is 50.3 Å². The molecule has 0 bridgehead atoms. The molecular weight excluding hydrogens is 248 g/mol. The predicted molar refractivity (Wildman–Crippen MR) is 81.7 cm³/mol. The van der Waals surface area contributed by atoms with Crippen molar-refractivity contribution >= 4 is 0 Å². The third-order valence-corrected chi connectivity index (χ3v) is 5.40. The van der Waals surface area contributed by atoms with Gasteiger partial charge in [0.2, 0.25) is 0 Å². The molecule has 0 amide bonds. The Kier molecular flexibility index (Phi) is 3.85. The van der Waals surface area contributed by atoms with Crippen molar-refractivity contribution in [1.29, 1.82) is 0 Å². The number of hydrogen-bond donors (Lipinski definition) is 1. The van der Waals surface area contributed by atoms with Crippen molar-refractivity contribution in [3.8, 4) is 0 Å². The third-order valence-electron chi connectivity index (χ3n) is 5.40. The summed E-state index contributed by atoms with van der Waals surface area (Å²) in [7, 11) is 2.24. The first-order valence-electron chi connectivity index (χ1n) is 7.82. The highest BCUT2D eigenvalue weighted by molar-refractivity contribution is 5.37. The zero-order chi connectivity index (χ0) is 14.2. The van der Waals surface area contributed by atoms with Crippen LogP contribution in [0.15, 0.2) is 24.3 Å². The Labute approximate surface area is 122 Å². The topological polar surface area (TPSA) is 38.5 Å². The molecule has 1 heterocycles. The van der Waals surface area contributed by atoms with E-state index in [9.17, 15) is 0 Å². The smallest absolute Gasteiger partial charge is 0.0703 e. The second kappa shape index (κ2) is 5.47. The van der Waals surface area contributed by atoms with Gasteiger partial charge in [-0.3, -0.25) is 4.90 Å². The van der Waals surface area contributed by atoms with Gasteiger partial charge in [-0.2, -0.15) is 0 Å². The lowest BCUT2D eigenvalue weighted by Gasteiger charge is -2.48. The Morgan fingerprint density at radius 2 is 2.20 bits per heavy atom. The van der Waals surface area contributed by atoms with Crippen LogP contribution in [0.1, 0.15) is 37.3 Å². The standard InChI is InChI=1S/C17H26N2O/c1-13-16(9-11-20-13)19(2)17(12-18)10-5-7-14-6-3-4-8-15(14)17/h3-4,6,8,13,16H,5,7,9-12,18H2,1-2H3. The first kappa shape index (κ1) is 14.1. The molecule has 3 nitrogen and oxygen atoms in total. The lowest BCUT2D eigenvalue weighted by molar-refractivity contribution is 0.0171. The molecule has 0 spiro atoms. The molecule has 110 valence electrons. The number of aryl methyl sites for hydroxylation is 1. The molecule has 0 saturated carbocycles. The molecule has 1 aromatic carbocycles. The fourth-order valence-electron chi connectivity index (χ4n) is 4.17.